The second kappa shape index (κ2) is 7.04. The van der Waals surface area contributed by atoms with Gasteiger partial charge in [-0.3, -0.25) is 4.79 Å². The van der Waals surface area contributed by atoms with E-state index in [0.717, 1.165) is 23.7 Å². The molecule has 0 radical (unpaired) electrons. The van der Waals surface area contributed by atoms with E-state index in [0.29, 0.717) is 18.6 Å². The lowest BCUT2D eigenvalue weighted by atomic mass is 10.0. The Hall–Kier alpha value is -1.68. The zero-order valence-corrected chi connectivity index (χ0v) is 11.9. The molecule has 1 aromatic heterocycles. The molecule has 4 heteroatoms. The Morgan fingerprint density at radius 1 is 1.26 bits per heavy atom. The topological polar surface area (TPSA) is 42.0 Å². The van der Waals surface area contributed by atoms with E-state index in [-0.39, 0.29) is 0 Å². The number of hydrogen-bond donors (Lipinski definition) is 1. The molecule has 0 unspecified atom stereocenters. The maximum atomic E-state index is 11.6. The molecule has 1 aromatic carbocycles. The molecule has 0 atom stereocenters. The van der Waals surface area contributed by atoms with E-state index in [4.69, 9.17) is 0 Å². The van der Waals surface area contributed by atoms with Crippen LogP contribution in [0.5, 0.6) is 0 Å². The van der Waals surface area contributed by atoms with Crippen LogP contribution in [0, 0.1) is 0 Å². The zero-order valence-electron chi connectivity index (χ0n) is 11.1. The van der Waals surface area contributed by atoms with Crippen molar-refractivity contribution in [2.24, 2.45) is 0 Å². The van der Waals surface area contributed by atoms with Crippen molar-refractivity contribution >= 4 is 22.3 Å². The van der Waals surface area contributed by atoms with Gasteiger partial charge in [0, 0.05) is 31.0 Å². The van der Waals surface area contributed by atoms with Crippen molar-refractivity contribution in [1.29, 1.82) is 0 Å². The molecule has 0 aliphatic carbocycles. The Morgan fingerprint density at radius 3 is 2.63 bits per heavy atom. The van der Waals surface area contributed by atoms with Crippen LogP contribution in [0.2, 0.25) is 0 Å². The molecule has 0 spiro atoms. The SMILES string of the molecule is CCCC(=O)Cc1ccc(CNc2nccs2)cc1. The Bertz CT molecular complexity index is 505. The first-order valence-corrected chi connectivity index (χ1v) is 7.38. The summed E-state index contributed by atoms with van der Waals surface area (Å²) in [4.78, 5) is 15.7. The largest absolute Gasteiger partial charge is 0.357 e. The predicted octanol–water partition coefficient (Wildman–Crippen LogP) is 3.67. The van der Waals surface area contributed by atoms with E-state index >= 15 is 0 Å². The molecule has 1 N–H and O–H groups in total. The minimum Gasteiger partial charge on any atom is -0.357 e. The van der Waals surface area contributed by atoms with E-state index in [1.165, 1.54) is 5.56 Å². The average Bonchev–Trinajstić information content (AvgIpc) is 2.91. The number of hydrogen-bond acceptors (Lipinski definition) is 4. The van der Waals surface area contributed by atoms with Crippen LogP contribution in [-0.2, 0) is 17.8 Å². The summed E-state index contributed by atoms with van der Waals surface area (Å²) >= 11 is 1.59. The number of thiazole rings is 1. The van der Waals surface area contributed by atoms with Gasteiger partial charge in [0.2, 0.25) is 0 Å². The minimum absolute atomic E-state index is 0.316. The summed E-state index contributed by atoms with van der Waals surface area (Å²) in [6.45, 7) is 2.79. The fourth-order valence-electron chi connectivity index (χ4n) is 1.86. The smallest absolute Gasteiger partial charge is 0.182 e. The molecular weight excluding hydrogens is 256 g/mol. The molecule has 2 rings (SSSR count). The molecule has 0 saturated carbocycles. The summed E-state index contributed by atoms with van der Waals surface area (Å²) < 4.78 is 0. The molecule has 1 heterocycles. The highest BCUT2D eigenvalue weighted by molar-refractivity contribution is 7.13. The average molecular weight is 274 g/mol. The highest BCUT2D eigenvalue weighted by Crippen LogP contribution is 2.13. The van der Waals surface area contributed by atoms with Crippen molar-refractivity contribution in [3.8, 4) is 0 Å². The first-order valence-electron chi connectivity index (χ1n) is 6.51. The van der Waals surface area contributed by atoms with Gasteiger partial charge in [-0.2, -0.15) is 0 Å². The molecule has 0 saturated heterocycles. The number of ketones is 1. The Labute approximate surface area is 117 Å². The van der Waals surface area contributed by atoms with E-state index in [9.17, 15) is 4.79 Å². The van der Waals surface area contributed by atoms with Crippen molar-refractivity contribution in [1.82, 2.24) is 4.98 Å². The number of carbonyl (C=O) groups is 1. The number of carbonyl (C=O) groups excluding carboxylic acids is 1. The fourth-order valence-corrected chi connectivity index (χ4v) is 2.39. The molecule has 100 valence electrons. The normalized spacial score (nSPS) is 10.4. The predicted molar refractivity (Wildman–Crippen MR) is 79.5 cm³/mol. The summed E-state index contributed by atoms with van der Waals surface area (Å²) in [5.74, 6) is 0.316. The van der Waals surface area contributed by atoms with Gasteiger partial charge in [0.05, 0.1) is 0 Å². The van der Waals surface area contributed by atoms with Crippen LogP contribution in [0.1, 0.15) is 30.9 Å². The second-order valence-electron chi connectivity index (χ2n) is 4.47. The Kier molecular flexibility index (Phi) is 5.10. The first-order chi connectivity index (χ1) is 9.28. The summed E-state index contributed by atoms with van der Waals surface area (Å²) in [7, 11) is 0. The van der Waals surface area contributed by atoms with Crippen molar-refractivity contribution in [2.45, 2.75) is 32.7 Å². The van der Waals surface area contributed by atoms with Crippen LogP contribution < -0.4 is 5.32 Å². The molecule has 3 nitrogen and oxygen atoms in total. The molecule has 0 fully saturated rings. The number of Topliss-reactive ketones (excluding diaryl/α,β-unsaturated/α-hetero) is 1. The molecule has 0 amide bonds. The van der Waals surface area contributed by atoms with Crippen LogP contribution >= 0.6 is 11.3 Å². The number of nitrogens with zero attached hydrogens (tertiary/aromatic N) is 1. The van der Waals surface area contributed by atoms with E-state index in [2.05, 4.69) is 22.4 Å². The summed E-state index contributed by atoms with van der Waals surface area (Å²) in [5, 5.41) is 6.14. The number of rotatable bonds is 7. The Balaban J connectivity index is 1.85. The Morgan fingerprint density at radius 2 is 2.00 bits per heavy atom. The highest BCUT2D eigenvalue weighted by Gasteiger charge is 2.02. The van der Waals surface area contributed by atoms with Crippen LogP contribution in [-0.4, -0.2) is 10.8 Å². The van der Waals surface area contributed by atoms with Gasteiger partial charge in [0.25, 0.3) is 0 Å². The van der Waals surface area contributed by atoms with Crippen molar-refractivity contribution in [3.63, 3.8) is 0 Å². The molecular formula is C15H18N2OS. The molecule has 2 aromatic rings. The highest BCUT2D eigenvalue weighted by atomic mass is 32.1. The number of aromatic nitrogens is 1. The number of benzene rings is 1. The lowest BCUT2D eigenvalue weighted by molar-refractivity contribution is -0.118. The zero-order chi connectivity index (χ0) is 13.5. The van der Waals surface area contributed by atoms with Gasteiger partial charge >= 0.3 is 0 Å². The van der Waals surface area contributed by atoms with Crippen molar-refractivity contribution in [2.75, 3.05) is 5.32 Å². The van der Waals surface area contributed by atoms with Gasteiger partial charge in [-0.1, -0.05) is 31.2 Å². The molecule has 0 aliphatic rings. The van der Waals surface area contributed by atoms with Gasteiger partial charge < -0.3 is 5.32 Å². The van der Waals surface area contributed by atoms with E-state index < -0.39 is 0 Å². The van der Waals surface area contributed by atoms with Crippen LogP contribution in [0.25, 0.3) is 0 Å². The van der Waals surface area contributed by atoms with Crippen molar-refractivity contribution < 1.29 is 4.79 Å². The lowest BCUT2D eigenvalue weighted by Gasteiger charge is -2.05. The van der Waals surface area contributed by atoms with Gasteiger partial charge in [-0.15, -0.1) is 11.3 Å². The van der Waals surface area contributed by atoms with Crippen LogP contribution in [0.4, 0.5) is 5.13 Å². The molecule has 0 aliphatic heterocycles. The summed E-state index contributed by atoms with van der Waals surface area (Å²) in [5.41, 5.74) is 2.29. The lowest BCUT2D eigenvalue weighted by Crippen LogP contribution is -2.02. The van der Waals surface area contributed by atoms with Crippen molar-refractivity contribution in [3.05, 3.63) is 47.0 Å². The minimum atomic E-state index is 0.316. The maximum absolute atomic E-state index is 11.6. The van der Waals surface area contributed by atoms with Gasteiger partial charge in [-0.25, -0.2) is 4.98 Å². The van der Waals surface area contributed by atoms with Crippen LogP contribution in [0.15, 0.2) is 35.8 Å². The van der Waals surface area contributed by atoms with Gasteiger partial charge in [-0.05, 0) is 17.5 Å². The van der Waals surface area contributed by atoms with E-state index in [1.807, 2.05) is 24.4 Å². The second-order valence-corrected chi connectivity index (χ2v) is 5.37. The number of anilines is 1. The molecule has 0 bridgehead atoms. The monoisotopic (exact) mass is 274 g/mol. The van der Waals surface area contributed by atoms with Gasteiger partial charge in [0.15, 0.2) is 5.13 Å². The van der Waals surface area contributed by atoms with Gasteiger partial charge in [0.1, 0.15) is 5.78 Å². The summed E-state index contributed by atoms with van der Waals surface area (Å²) in [6.07, 6.45) is 3.94. The molecule has 19 heavy (non-hydrogen) atoms. The quantitative estimate of drug-likeness (QED) is 0.837. The standard InChI is InChI=1S/C15H18N2OS/c1-2-3-14(18)10-12-4-6-13(7-5-12)11-17-15-16-8-9-19-15/h4-9H,2-3,10-11H2,1H3,(H,16,17). The maximum Gasteiger partial charge on any atom is 0.182 e. The van der Waals surface area contributed by atoms with Crippen LogP contribution in [0.3, 0.4) is 0 Å². The number of nitrogens with one attached hydrogen (secondary N) is 1. The third kappa shape index (κ3) is 4.48. The first kappa shape index (κ1) is 13.7. The van der Waals surface area contributed by atoms with E-state index in [1.54, 1.807) is 17.5 Å². The third-order valence-corrected chi connectivity index (χ3v) is 3.56. The summed E-state index contributed by atoms with van der Waals surface area (Å²) in [6, 6.07) is 8.20. The third-order valence-electron chi connectivity index (χ3n) is 2.83. The fraction of sp³-hybridized carbons (Fsp3) is 0.333.